The van der Waals surface area contributed by atoms with E-state index < -0.39 is 0 Å². The van der Waals surface area contributed by atoms with Crippen LogP contribution in [0.2, 0.25) is 0 Å². The Morgan fingerprint density at radius 1 is 1.45 bits per heavy atom. The molecule has 2 rings (SSSR count). The molecule has 0 bridgehead atoms. The van der Waals surface area contributed by atoms with E-state index in [1.54, 1.807) is 0 Å². The van der Waals surface area contributed by atoms with Crippen LogP contribution < -0.4 is 0 Å². The molecule has 0 aromatic rings. The van der Waals surface area contributed by atoms with Gasteiger partial charge in [-0.2, -0.15) is 0 Å². The van der Waals surface area contributed by atoms with E-state index in [0.717, 1.165) is 11.8 Å². The van der Waals surface area contributed by atoms with E-state index in [1.807, 2.05) is 0 Å². The van der Waals surface area contributed by atoms with Crippen LogP contribution in [-0.4, -0.2) is 35.7 Å². The van der Waals surface area contributed by atoms with Crippen LogP contribution in [0.25, 0.3) is 0 Å². The van der Waals surface area contributed by atoms with Crippen LogP contribution in [0, 0.1) is 5.41 Å². The second-order valence-electron chi connectivity index (χ2n) is 4.27. The van der Waals surface area contributed by atoms with Gasteiger partial charge in [-0.1, -0.05) is 0 Å². The zero-order chi connectivity index (χ0) is 7.90. The number of aliphatic hydroxyl groups is 1. The molecular formula is C9H17NO. The first-order valence-electron chi connectivity index (χ1n) is 4.61. The van der Waals surface area contributed by atoms with Gasteiger partial charge in [0.1, 0.15) is 0 Å². The summed E-state index contributed by atoms with van der Waals surface area (Å²) in [5.74, 6) is 0. The smallest absolute Gasteiger partial charge is 0.0445 e. The Balaban J connectivity index is 1.72. The van der Waals surface area contributed by atoms with E-state index in [-0.39, 0.29) is 0 Å². The highest BCUT2D eigenvalue weighted by atomic mass is 16.3. The fourth-order valence-corrected chi connectivity index (χ4v) is 1.99. The number of nitrogens with zero attached hydrogens (tertiary/aromatic N) is 1. The predicted octanol–water partition coefficient (Wildman–Crippen LogP) is 0.853. The maximum Gasteiger partial charge on any atom is 0.0445 e. The number of aliphatic hydroxyl groups excluding tert-OH is 1. The largest absolute Gasteiger partial charge is 0.396 e. The minimum atomic E-state index is 0.338. The third kappa shape index (κ3) is 1.30. The summed E-state index contributed by atoms with van der Waals surface area (Å²) in [6.07, 6.45) is 3.85. The molecule has 1 atom stereocenters. The molecule has 1 heterocycles. The zero-order valence-corrected chi connectivity index (χ0v) is 7.21. The average Bonchev–Trinajstić information content (AvgIpc) is 2.62. The van der Waals surface area contributed by atoms with Crippen LogP contribution >= 0.6 is 0 Å². The SMILES string of the molecule is CC(CCO)N1CC2(CC2)C1. The van der Waals surface area contributed by atoms with E-state index in [0.29, 0.717) is 12.6 Å². The third-order valence-electron chi connectivity index (χ3n) is 3.20. The first kappa shape index (κ1) is 7.56. The first-order chi connectivity index (χ1) is 5.26. The minimum absolute atomic E-state index is 0.338. The number of likely N-dealkylation sites (tertiary alicyclic amines) is 1. The van der Waals surface area contributed by atoms with Gasteiger partial charge in [-0.3, -0.25) is 4.90 Å². The maximum atomic E-state index is 8.72. The third-order valence-corrected chi connectivity index (χ3v) is 3.20. The summed E-state index contributed by atoms with van der Waals surface area (Å²) in [4.78, 5) is 2.49. The average molecular weight is 155 g/mol. The molecule has 0 aromatic carbocycles. The van der Waals surface area contributed by atoms with Crippen molar-refractivity contribution in [3.05, 3.63) is 0 Å². The molecule has 2 heteroatoms. The highest BCUT2D eigenvalue weighted by Crippen LogP contribution is 2.53. The normalized spacial score (nSPS) is 30.0. The van der Waals surface area contributed by atoms with Crippen molar-refractivity contribution >= 4 is 0 Å². The van der Waals surface area contributed by atoms with E-state index in [1.165, 1.54) is 25.9 Å². The van der Waals surface area contributed by atoms with E-state index in [9.17, 15) is 0 Å². The maximum absolute atomic E-state index is 8.72. The van der Waals surface area contributed by atoms with Crippen molar-refractivity contribution in [2.24, 2.45) is 5.41 Å². The lowest BCUT2D eigenvalue weighted by Gasteiger charge is -2.44. The standard InChI is InChI=1S/C9H17NO/c1-8(2-5-11)10-6-9(7-10)3-4-9/h8,11H,2-7H2,1H3. The monoisotopic (exact) mass is 155 g/mol. The Hall–Kier alpha value is -0.0800. The van der Waals surface area contributed by atoms with Crippen molar-refractivity contribution in [1.29, 1.82) is 0 Å². The van der Waals surface area contributed by atoms with E-state index in [2.05, 4.69) is 11.8 Å². The second kappa shape index (κ2) is 2.46. The summed E-state index contributed by atoms with van der Waals surface area (Å²) in [6, 6.07) is 0.603. The van der Waals surface area contributed by atoms with Gasteiger partial charge in [-0.05, 0) is 31.6 Å². The predicted molar refractivity (Wildman–Crippen MR) is 44.4 cm³/mol. The van der Waals surface area contributed by atoms with Crippen LogP contribution in [-0.2, 0) is 0 Å². The van der Waals surface area contributed by atoms with Crippen molar-refractivity contribution in [1.82, 2.24) is 4.90 Å². The zero-order valence-electron chi connectivity index (χ0n) is 7.21. The molecular weight excluding hydrogens is 138 g/mol. The first-order valence-corrected chi connectivity index (χ1v) is 4.61. The summed E-state index contributed by atoms with van der Waals surface area (Å²) >= 11 is 0. The summed E-state index contributed by atoms with van der Waals surface area (Å²) in [5.41, 5.74) is 0.768. The Bertz CT molecular complexity index is 146. The van der Waals surface area contributed by atoms with Gasteiger partial charge >= 0.3 is 0 Å². The highest BCUT2D eigenvalue weighted by molar-refractivity contribution is 5.06. The molecule has 2 nitrogen and oxygen atoms in total. The molecule has 1 unspecified atom stereocenters. The van der Waals surface area contributed by atoms with Crippen molar-refractivity contribution in [2.45, 2.75) is 32.2 Å². The van der Waals surface area contributed by atoms with E-state index in [4.69, 9.17) is 5.11 Å². The molecule has 1 saturated carbocycles. The molecule has 1 saturated heterocycles. The van der Waals surface area contributed by atoms with Crippen LogP contribution in [0.3, 0.4) is 0 Å². The lowest BCUT2D eigenvalue weighted by Crippen LogP contribution is -2.52. The summed E-state index contributed by atoms with van der Waals surface area (Å²) in [5, 5.41) is 8.72. The lowest BCUT2D eigenvalue weighted by atomic mass is 9.94. The molecule has 11 heavy (non-hydrogen) atoms. The van der Waals surface area contributed by atoms with Gasteiger partial charge in [0.2, 0.25) is 0 Å². The molecule has 0 amide bonds. The topological polar surface area (TPSA) is 23.5 Å². The minimum Gasteiger partial charge on any atom is -0.396 e. The van der Waals surface area contributed by atoms with Gasteiger partial charge in [-0.15, -0.1) is 0 Å². The van der Waals surface area contributed by atoms with Gasteiger partial charge in [0, 0.05) is 25.7 Å². The molecule has 64 valence electrons. The van der Waals surface area contributed by atoms with Crippen molar-refractivity contribution in [3.63, 3.8) is 0 Å². The number of rotatable bonds is 3. The van der Waals surface area contributed by atoms with Crippen LogP contribution in [0.1, 0.15) is 26.2 Å². The fourth-order valence-electron chi connectivity index (χ4n) is 1.99. The Morgan fingerprint density at radius 2 is 2.09 bits per heavy atom. The highest BCUT2D eigenvalue weighted by Gasteiger charge is 2.52. The second-order valence-corrected chi connectivity index (χ2v) is 4.27. The van der Waals surface area contributed by atoms with Crippen molar-refractivity contribution in [2.75, 3.05) is 19.7 Å². The van der Waals surface area contributed by atoms with Gasteiger partial charge in [0.05, 0.1) is 0 Å². The van der Waals surface area contributed by atoms with Crippen LogP contribution in [0.4, 0.5) is 0 Å². The number of hydrogen-bond acceptors (Lipinski definition) is 2. The molecule has 1 spiro atoms. The van der Waals surface area contributed by atoms with Crippen molar-refractivity contribution < 1.29 is 5.11 Å². The van der Waals surface area contributed by atoms with Crippen molar-refractivity contribution in [3.8, 4) is 0 Å². The molecule has 2 fully saturated rings. The number of hydrogen-bond donors (Lipinski definition) is 1. The summed E-state index contributed by atoms with van der Waals surface area (Å²) < 4.78 is 0. The van der Waals surface area contributed by atoms with Gasteiger partial charge in [0.25, 0.3) is 0 Å². The quantitative estimate of drug-likeness (QED) is 0.653. The summed E-state index contributed by atoms with van der Waals surface area (Å²) in [7, 11) is 0. The Labute approximate surface area is 68.2 Å². The van der Waals surface area contributed by atoms with Gasteiger partial charge in [0.15, 0.2) is 0 Å². The van der Waals surface area contributed by atoms with Gasteiger partial charge in [-0.25, -0.2) is 0 Å². The van der Waals surface area contributed by atoms with Crippen LogP contribution in [0.5, 0.6) is 0 Å². The molecule has 0 aromatic heterocycles. The Morgan fingerprint density at radius 3 is 2.55 bits per heavy atom. The molecule has 0 radical (unpaired) electrons. The van der Waals surface area contributed by atoms with E-state index >= 15 is 0 Å². The summed E-state index contributed by atoms with van der Waals surface area (Å²) in [6.45, 7) is 5.15. The Kier molecular flexibility index (Phi) is 1.69. The molecule has 2 aliphatic rings. The van der Waals surface area contributed by atoms with Gasteiger partial charge < -0.3 is 5.11 Å². The fraction of sp³-hybridized carbons (Fsp3) is 1.00. The van der Waals surface area contributed by atoms with Crippen LogP contribution in [0.15, 0.2) is 0 Å². The molecule has 1 aliphatic heterocycles. The molecule has 1 aliphatic carbocycles. The molecule has 1 N–H and O–H groups in total. The lowest BCUT2D eigenvalue weighted by molar-refractivity contribution is 0.0331.